The molecule has 0 atom stereocenters. The van der Waals surface area contributed by atoms with Crippen LogP contribution in [0.4, 0.5) is 0 Å². The van der Waals surface area contributed by atoms with E-state index in [1.807, 2.05) is 12.1 Å². The summed E-state index contributed by atoms with van der Waals surface area (Å²) in [4.78, 5) is 0. The summed E-state index contributed by atoms with van der Waals surface area (Å²) in [5.41, 5.74) is 6.24. The van der Waals surface area contributed by atoms with Gasteiger partial charge in [0.25, 0.3) is 0 Å². The smallest absolute Gasteiger partial charge is 0.157 e. The summed E-state index contributed by atoms with van der Waals surface area (Å²) in [6, 6.07) is 22.1. The SMILES string of the molecule is NCCc1ccc(O)c(O)c1.Oc1ccccc1.Oc1ccccc1. The summed E-state index contributed by atoms with van der Waals surface area (Å²) in [7, 11) is 0. The molecule has 0 fully saturated rings. The first kappa shape index (κ1) is 19.9. The van der Waals surface area contributed by atoms with Crippen molar-refractivity contribution in [2.24, 2.45) is 5.73 Å². The Bertz CT molecular complexity index is 681. The highest BCUT2D eigenvalue weighted by Crippen LogP contribution is 2.24. The molecule has 3 aromatic rings. The van der Waals surface area contributed by atoms with Gasteiger partial charge in [0, 0.05) is 0 Å². The molecule has 0 bridgehead atoms. The van der Waals surface area contributed by atoms with E-state index in [0.717, 1.165) is 5.56 Å². The molecule has 25 heavy (non-hydrogen) atoms. The molecule has 3 rings (SSSR count). The molecular weight excluding hydrogens is 318 g/mol. The zero-order chi connectivity index (χ0) is 18.5. The van der Waals surface area contributed by atoms with Gasteiger partial charge in [-0.15, -0.1) is 0 Å². The number of hydrogen-bond donors (Lipinski definition) is 5. The van der Waals surface area contributed by atoms with Crippen molar-refractivity contribution >= 4 is 0 Å². The molecular formula is C20H23NO4. The highest BCUT2D eigenvalue weighted by atomic mass is 16.3. The number of phenols is 4. The predicted molar refractivity (Wildman–Crippen MR) is 98.7 cm³/mol. The minimum Gasteiger partial charge on any atom is -0.508 e. The molecule has 3 aromatic carbocycles. The molecule has 5 nitrogen and oxygen atoms in total. The van der Waals surface area contributed by atoms with Crippen LogP contribution in [0.1, 0.15) is 5.56 Å². The first-order chi connectivity index (χ1) is 12.0. The number of phenolic OH excluding ortho intramolecular Hbond substituents is 4. The number of aromatic hydroxyl groups is 4. The number of benzene rings is 3. The average Bonchev–Trinajstić information content (AvgIpc) is 2.61. The van der Waals surface area contributed by atoms with Crippen molar-refractivity contribution in [2.45, 2.75) is 6.42 Å². The number of hydrogen-bond acceptors (Lipinski definition) is 5. The van der Waals surface area contributed by atoms with E-state index in [1.54, 1.807) is 54.6 Å². The molecule has 0 unspecified atom stereocenters. The van der Waals surface area contributed by atoms with Gasteiger partial charge in [-0.2, -0.15) is 0 Å². The van der Waals surface area contributed by atoms with Gasteiger partial charge in [0.05, 0.1) is 0 Å². The van der Waals surface area contributed by atoms with Crippen LogP contribution in [0.25, 0.3) is 0 Å². The quantitative estimate of drug-likeness (QED) is 0.459. The maximum atomic E-state index is 9.04. The van der Waals surface area contributed by atoms with Crippen LogP contribution in [-0.2, 0) is 6.42 Å². The van der Waals surface area contributed by atoms with E-state index in [4.69, 9.17) is 26.2 Å². The van der Waals surface area contributed by atoms with Crippen LogP contribution in [0.15, 0.2) is 78.9 Å². The van der Waals surface area contributed by atoms with Crippen molar-refractivity contribution in [3.05, 3.63) is 84.4 Å². The zero-order valence-corrected chi connectivity index (χ0v) is 13.8. The van der Waals surface area contributed by atoms with E-state index >= 15 is 0 Å². The Morgan fingerprint density at radius 2 is 1.08 bits per heavy atom. The third kappa shape index (κ3) is 8.88. The summed E-state index contributed by atoms with van der Waals surface area (Å²) >= 11 is 0. The molecule has 6 N–H and O–H groups in total. The van der Waals surface area contributed by atoms with E-state index in [0.29, 0.717) is 24.5 Å². The van der Waals surface area contributed by atoms with Crippen molar-refractivity contribution in [2.75, 3.05) is 6.54 Å². The van der Waals surface area contributed by atoms with Gasteiger partial charge in [0.1, 0.15) is 11.5 Å². The Hall–Kier alpha value is -3.18. The van der Waals surface area contributed by atoms with Gasteiger partial charge in [-0.25, -0.2) is 0 Å². The van der Waals surface area contributed by atoms with Crippen LogP contribution < -0.4 is 5.73 Å². The lowest BCUT2D eigenvalue weighted by Crippen LogP contribution is -2.02. The molecule has 0 spiro atoms. The average molecular weight is 341 g/mol. The summed E-state index contributed by atoms with van der Waals surface area (Å²) in [5.74, 6) is 0.465. The molecule has 0 saturated carbocycles. The van der Waals surface area contributed by atoms with Gasteiger partial charge in [-0.05, 0) is 54.9 Å². The lowest BCUT2D eigenvalue weighted by Gasteiger charge is -2.00. The predicted octanol–water partition coefficient (Wildman–Crippen LogP) is 3.38. The molecule has 0 radical (unpaired) electrons. The Kier molecular flexibility index (Phi) is 9.04. The minimum absolute atomic E-state index is 0.0871. The number of para-hydroxylation sites is 2. The monoisotopic (exact) mass is 341 g/mol. The largest absolute Gasteiger partial charge is 0.508 e. The normalized spacial score (nSPS) is 9.16. The van der Waals surface area contributed by atoms with E-state index < -0.39 is 0 Å². The molecule has 0 aliphatic carbocycles. The summed E-state index contributed by atoms with van der Waals surface area (Å²) < 4.78 is 0. The second kappa shape index (κ2) is 11.4. The molecule has 0 heterocycles. The third-order valence-electron chi connectivity index (χ3n) is 2.99. The van der Waals surface area contributed by atoms with Gasteiger partial charge < -0.3 is 26.2 Å². The van der Waals surface area contributed by atoms with Crippen molar-refractivity contribution < 1.29 is 20.4 Å². The standard InChI is InChI=1S/C8H11NO2.2C6H6O/c9-4-3-6-1-2-7(10)8(11)5-6;2*7-6-4-2-1-3-5-6/h1-2,5,10-11H,3-4,9H2;2*1-5,7H. The Morgan fingerprint density at radius 3 is 1.40 bits per heavy atom. The fraction of sp³-hybridized carbons (Fsp3) is 0.100. The molecule has 5 heteroatoms. The van der Waals surface area contributed by atoms with Crippen molar-refractivity contribution in [1.82, 2.24) is 0 Å². The molecule has 0 saturated heterocycles. The van der Waals surface area contributed by atoms with Crippen LogP contribution in [0, 0.1) is 0 Å². The van der Waals surface area contributed by atoms with Crippen LogP contribution >= 0.6 is 0 Å². The summed E-state index contributed by atoms with van der Waals surface area (Å²) in [6.45, 7) is 0.546. The fourth-order valence-electron chi connectivity index (χ4n) is 1.75. The van der Waals surface area contributed by atoms with Crippen molar-refractivity contribution in [3.8, 4) is 23.0 Å². The van der Waals surface area contributed by atoms with Crippen LogP contribution in [0.2, 0.25) is 0 Å². The van der Waals surface area contributed by atoms with Crippen LogP contribution in [0.3, 0.4) is 0 Å². The molecule has 132 valence electrons. The van der Waals surface area contributed by atoms with E-state index in [-0.39, 0.29) is 11.5 Å². The second-order valence-corrected chi connectivity index (χ2v) is 5.03. The van der Waals surface area contributed by atoms with Gasteiger partial charge in [0.2, 0.25) is 0 Å². The summed E-state index contributed by atoms with van der Waals surface area (Å²) in [6.07, 6.45) is 0.716. The van der Waals surface area contributed by atoms with Gasteiger partial charge in [-0.1, -0.05) is 42.5 Å². The number of nitrogens with two attached hydrogens (primary N) is 1. The molecule has 0 aromatic heterocycles. The Labute approximate surface area is 147 Å². The highest BCUT2D eigenvalue weighted by molar-refractivity contribution is 5.40. The van der Waals surface area contributed by atoms with Crippen molar-refractivity contribution in [3.63, 3.8) is 0 Å². The molecule has 0 aliphatic heterocycles. The first-order valence-corrected chi connectivity index (χ1v) is 7.72. The summed E-state index contributed by atoms with van der Waals surface area (Å²) in [5, 5.41) is 35.2. The lowest BCUT2D eigenvalue weighted by molar-refractivity contribution is 0.403. The first-order valence-electron chi connectivity index (χ1n) is 7.72. The number of rotatable bonds is 2. The van der Waals surface area contributed by atoms with E-state index in [1.165, 1.54) is 12.1 Å². The topological polar surface area (TPSA) is 107 Å². The zero-order valence-electron chi connectivity index (χ0n) is 13.8. The minimum atomic E-state index is -0.0919. The van der Waals surface area contributed by atoms with Crippen molar-refractivity contribution in [1.29, 1.82) is 0 Å². The fourth-order valence-corrected chi connectivity index (χ4v) is 1.75. The van der Waals surface area contributed by atoms with Gasteiger partial charge in [-0.3, -0.25) is 0 Å². The van der Waals surface area contributed by atoms with E-state index in [9.17, 15) is 0 Å². The maximum absolute atomic E-state index is 9.04. The third-order valence-corrected chi connectivity index (χ3v) is 2.99. The highest BCUT2D eigenvalue weighted by Gasteiger charge is 1.98. The lowest BCUT2D eigenvalue weighted by atomic mass is 10.1. The van der Waals surface area contributed by atoms with Gasteiger partial charge in [0.15, 0.2) is 11.5 Å². The molecule has 0 aliphatic rings. The Balaban J connectivity index is 0.000000195. The van der Waals surface area contributed by atoms with Crippen LogP contribution in [0.5, 0.6) is 23.0 Å². The molecule has 0 amide bonds. The van der Waals surface area contributed by atoms with Gasteiger partial charge >= 0.3 is 0 Å². The maximum Gasteiger partial charge on any atom is 0.157 e. The van der Waals surface area contributed by atoms with E-state index in [2.05, 4.69) is 0 Å². The van der Waals surface area contributed by atoms with Crippen LogP contribution in [-0.4, -0.2) is 27.0 Å². The Morgan fingerprint density at radius 1 is 0.600 bits per heavy atom. The second-order valence-electron chi connectivity index (χ2n) is 5.03.